The number of amides is 1. The second kappa shape index (κ2) is 7.40. The zero-order valence-corrected chi connectivity index (χ0v) is 16.1. The largest absolute Gasteiger partial charge is 0.484 e. The summed E-state index contributed by atoms with van der Waals surface area (Å²) in [4.78, 5) is 17.1. The van der Waals surface area contributed by atoms with Crippen LogP contribution in [0.1, 0.15) is 11.1 Å². The number of anilines is 1. The maximum Gasteiger partial charge on any atom is 0.264 e. The highest BCUT2D eigenvalue weighted by Gasteiger charge is 2.14. The molecule has 8 heteroatoms. The van der Waals surface area contributed by atoms with Crippen molar-refractivity contribution in [2.45, 2.75) is 13.8 Å². The fraction of sp³-hybridized carbons (Fsp3) is 0.150. The fourth-order valence-corrected chi connectivity index (χ4v) is 3.71. The molecule has 0 saturated heterocycles. The minimum absolute atomic E-state index is 0.138. The molecule has 0 aliphatic carbocycles. The van der Waals surface area contributed by atoms with Crippen molar-refractivity contribution < 1.29 is 13.9 Å². The Morgan fingerprint density at radius 1 is 1.18 bits per heavy atom. The molecule has 4 aromatic rings. The first-order valence-electron chi connectivity index (χ1n) is 8.59. The van der Waals surface area contributed by atoms with Gasteiger partial charge in [0.2, 0.25) is 4.96 Å². The summed E-state index contributed by atoms with van der Waals surface area (Å²) < 4.78 is 20.3. The Morgan fingerprint density at radius 3 is 2.61 bits per heavy atom. The molecule has 4 rings (SSSR count). The zero-order valence-electron chi connectivity index (χ0n) is 15.3. The van der Waals surface area contributed by atoms with Gasteiger partial charge in [0.1, 0.15) is 11.6 Å². The molecule has 2 heterocycles. The van der Waals surface area contributed by atoms with Gasteiger partial charge in [-0.05, 0) is 61.4 Å². The van der Waals surface area contributed by atoms with Gasteiger partial charge in [0.05, 0.1) is 5.69 Å². The molecule has 142 valence electrons. The average molecular weight is 396 g/mol. The smallest absolute Gasteiger partial charge is 0.264 e. The summed E-state index contributed by atoms with van der Waals surface area (Å²) >= 11 is 1.39. The average Bonchev–Trinajstić information content (AvgIpc) is 3.20. The van der Waals surface area contributed by atoms with Gasteiger partial charge in [-0.3, -0.25) is 10.1 Å². The Balaban J connectivity index is 1.46. The van der Waals surface area contributed by atoms with Crippen LogP contribution in [0.25, 0.3) is 16.2 Å². The number of ether oxygens (including phenoxy) is 1. The van der Waals surface area contributed by atoms with E-state index in [1.54, 1.807) is 16.6 Å². The summed E-state index contributed by atoms with van der Waals surface area (Å²) in [5.41, 5.74) is 3.73. The van der Waals surface area contributed by atoms with E-state index in [0.29, 0.717) is 10.7 Å². The Morgan fingerprint density at radius 2 is 1.89 bits per heavy atom. The lowest BCUT2D eigenvalue weighted by molar-refractivity contribution is -0.118. The van der Waals surface area contributed by atoms with E-state index in [2.05, 4.69) is 15.4 Å². The highest BCUT2D eigenvalue weighted by atomic mass is 32.1. The molecule has 0 fully saturated rings. The van der Waals surface area contributed by atoms with Crippen molar-refractivity contribution in [1.82, 2.24) is 14.6 Å². The number of nitrogens with one attached hydrogen (secondary N) is 1. The Hall–Kier alpha value is -3.26. The summed E-state index contributed by atoms with van der Waals surface area (Å²) in [5, 5.41) is 8.86. The minimum Gasteiger partial charge on any atom is -0.484 e. The van der Waals surface area contributed by atoms with Crippen LogP contribution in [0.15, 0.2) is 47.8 Å². The van der Waals surface area contributed by atoms with E-state index in [1.165, 1.54) is 23.5 Å². The van der Waals surface area contributed by atoms with Gasteiger partial charge in [0.25, 0.3) is 11.9 Å². The normalized spacial score (nSPS) is 11.0. The summed E-state index contributed by atoms with van der Waals surface area (Å²) in [6.07, 6.45) is 0. The first kappa shape index (κ1) is 18.1. The third-order valence-electron chi connectivity index (χ3n) is 4.04. The summed E-state index contributed by atoms with van der Waals surface area (Å²) in [7, 11) is 0. The molecule has 1 amide bonds. The van der Waals surface area contributed by atoms with Crippen LogP contribution in [-0.2, 0) is 4.79 Å². The van der Waals surface area contributed by atoms with Gasteiger partial charge in [-0.2, -0.15) is 4.98 Å². The molecule has 0 radical (unpaired) electrons. The standard InChI is InChI=1S/C20H17FN4O2S/c1-12-7-13(2)9-16(8-12)27-10-18(26)22-19-23-20-25(24-19)17(11-28-20)14-3-5-15(21)6-4-14/h3-9,11H,10H2,1-2H3,(H,22,24,26). The Bertz CT molecular complexity index is 1130. The number of hydrogen-bond donors (Lipinski definition) is 1. The van der Waals surface area contributed by atoms with E-state index in [0.717, 1.165) is 22.4 Å². The number of benzene rings is 2. The maximum atomic E-state index is 13.1. The van der Waals surface area contributed by atoms with Gasteiger partial charge >= 0.3 is 0 Å². The van der Waals surface area contributed by atoms with Crippen LogP contribution in [-0.4, -0.2) is 27.1 Å². The highest BCUT2D eigenvalue weighted by molar-refractivity contribution is 7.15. The molecular weight excluding hydrogens is 379 g/mol. The highest BCUT2D eigenvalue weighted by Crippen LogP contribution is 2.26. The number of aromatic nitrogens is 3. The van der Waals surface area contributed by atoms with Crippen LogP contribution in [0.2, 0.25) is 0 Å². The molecule has 2 aromatic heterocycles. The molecule has 0 spiro atoms. The minimum atomic E-state index is -0.347. The third kappa shape index (κ3) is 3.86. The number of halogens is 1. The Labute approximate surface area is 164 Å². The van der Waals surface area contributed by atoms with Crippen molar-refractivity contribution in [1.29, 1.82) is 0 Å². The van der Waals surface area contributed by atoms with E-state index >= 15 is 0 Å². The summed E-state index contributed by atoms with van der Waals surface area (Å²) in [5.74, 6) is 0.195. The lowest BCUT2D eigenvalue weighted by Gasteiger charge is -2.07. The van der Waals surface area contributed by atoms with E-state index in [-0.39, 0.29) is 24.3 Å². The zero-order chi connectivity index (χ0) is 19.7. The topological polar surface area (TPSA) is 68.5 Å². The van der Waals surface area contributed by atoms with Crippen LogP contribution in [0.3, 0.4) is 0 Å². The molecule has 0 bridgehead atoms. The summed E-state index contributed by atoms with van der Waals surface area (Å²) in [6.45, 7) is 3.81. The van der Waals surface area contributed by atoms with Crippen LogP contribution in [0.5, 0.6) is 5.75 Å². The molecule has 0 saturated carbocycles. The molecule has 0 aliphatic heterocycles. The lowest BCUT2D eigenvalue weighted by Crippen LogP contribution is -2.21. The molecule has 2 aromatic carbocycles. The van der Waals surface area contributed by atoms with Crippen molar-refractivity contribution in [2.24, 2.45) is 0 Å². The van der Waals surface area contributed by atoms with Gasteiger partial charge in [-0.1, -0.05) is 6.07 Å². The second-order valence-corrected chi connectivity index (χ2v) is 7.25. The van der Waals surface area contributed by atoms with Crippen LogP contribution < -0.4 is 10.1 Å². The number of fused-ring (bicyclic) bond motifs is 1. The molecule has 28 heavy (non-hydrogen) atoms. The number of aryl methyl sites for hydroxylation is 2. The number of nitrogens with zero attached hydrogens (tertiary/aromatic N) is 3. The SMILES string of the molecule is Cc1cc(C)cc(OCC(=O)Nc2nc3scc(-c4ccc(F)cc4)n3n2)c1. The number of hydrogen-bond acceptors (Lipinski definition) is 5. The predicted molar refractivity (Wildman–Crippen MR) is 106 cm³/mol. The van der Waals surface area contributed by atoms with Crippen LogP contribution in [0.4, 0.5) is 10.3 Å². The van der Waals surface area contributed by atoms with E-state index in [1.807, 2.05) is 37.4 Å². The third-order valence-corrected chi connectivity index (χ3v) is 4.85. The van der Waals surface area contributed by atoms with Crippen molar-refractivity contribution in [3.05, 3.63) is 64.8 Å². The van der Waals surface area contributed by atoms with Crippen LogP contribution in [0, 0.1) is 19.7 Å². The van der Waals surface area contributed by atoms with E-state index in [4.69, 9.17) is 4.74 Å². The molecule has 6 nitrogen and oxygen atoms in total. The molecule has 0 aliphatic rings. The fourth-order valence-electron chi connectivity index (χ4n) is 2.88. The second-order valence-electron chi connectivity index (χ2n) is 6.42. The number of rotatable bonds is 5. The van der Waals surface area contributed by atoms with Crippen molar-refractivity contribution in [3.63, 3.8) is 0 Å². The Kier molecular flexibility index (Phi) is 4.79. The number of carbonyl (C=O) groups is 1. The number of carbonyl (C=O) groups excluding carboxylic acids is 1. The van der Waals surface area contributed by atoms with Crippen molar-refractivity contribution in [2.75, 3.05) is 11.9 Å². The molecule has 0 unspecified atom stereocenters. The number of thiazole rings is 1. The van der Waals surface area contributed by atoms with Gasteiger partial charge in [-0.25, -0.2) is 8.91 Å². The van der Waals surface area contributed by atoms with Crippen molar-refractivity contribution >= 4 is 28.2 Å². The monoisotopic (exact) mass is 396 g/mol. The van der Waals surface area contributed by atoms with Crippen LogP contribution >= 0.6 is 11.3 Å². The lowest BCUT2D eigenvalue weighted by atomic mass is 10.1. The molecular formula is C20H17FN4O2S. The van der Waals surface area contributed by atoms with Gasteiger partial charge < -0.3 is 4.74 Å². The molecule has 1 N–H and O–H groups in total. The van der Waals surface area contributed by atoms with Gasteiger partial charge in [0.15, 0.2) is 6.61 Å². The van der Waals surface area contributed by atoms with Gasteiger partial charge in [-0.15, -0.1) is 16.4 Å². The van der Waals surface area contributed by atoms with Gasteiger partial charge in [0, 0.05) is 10.9 Å². The predicted octanol–water partition coefficient (Wildman–Crippen LogP) is 4.23. The maximum absolute atomic E-state index is 13.1. The first-order chi connectivity index (χ1) is 13.5. The first-order valence-corrected chi connectivity index (χ1v) is 9.47. The van der Waals surface area contributed by atoms with E-state index < -0.39 is 0 Å². The molecule has 0 atom stereocenters. The quantitative estimate of drug-likeness (QED) is 0.548. The van der Waals surface area contributed by atoms with Crippen molar-refractivity contribution in [3.8, 4) is 17.0 Å². The van der Waals surface area contributed by atoms with E-state index in [9.17, 15) is 9.18 Å². The summed E-state index contributed by atoms with van der Waals surface area (Å²) in [6, 6.07) is 11.9.